The molecule has 1 amide bonds. The molecule has 0 aromatic heterocycles. The van der Waals surface area contributed by atoms with Crippen molar-refractivity contribution in [2.45, 2.75) is 39.2 Å². The lowest BCUT2D eigenvalue weighted by Gasteiger charge is -2.21. The number of hydrogen-bond donors (Lipinski definition) is 1. The van der Waals surface area contributed by atoms with E-state index >= 15 is 0 Å². The Kier molecular flexibility index (Phi) is 6.16. The molecule has 1 aliphatic rings. The fraction of sp³-hybridized carbons (Fsp3) is 0.409. The number of nitrogens with zero attached hydrogens (tertiary/aromatic N) is 1. The van der Waals surface area contributed by atoms with Crippen LogP contribution in [-0.4, -0.2) is 31.6 Å². The van der Waals surface area contributed by atoms with Crippen LogP contribution in [0.25, 0.3) is 0 Å². The first-order valence-corrected chi connectivity index (χ1v) is 9.52. The lowest BCUT2D eigenvalue weighted by molar-refractivity contribution is -0.128. The van der Waals surface area contributed by atoms with Crippen LogP contribution in [0.3, 0.4) is 0 Å². The molecule has 0 fully saturated rings. The average molecular weight is 352 g/mol. The zero-order chi connectivity index (χ0) is 18.4. The molecule has 1 heterocycles. The van der Waals surface area contributed by atoms with Gasteiger partial charge in [-0.3, -0.25) is 4.79 Å². The molecule has 26 heavy (non-hydrogen) atoms. The number of aryl methyl sites for hydroxylation is 1. The van der Waals surface area contributed by atoms with Crippen molar-refractivity contribution in [3.8, 4) is 5.75 Å². The first-order valence-electron chi connectivity index (χ1n) is 9.52. The van der Waals surface area contributed by atoms with Crippen molar-refractivity contribution in [2.75, 3.05) is 24.5 Å². The highest BCUT2D eigenvalue weighted by Crippen LogP contribution is 2.27. The van der Waals surface area contributed by atoms with E-state index in [2.05, 4.69) is 34.5 Å². The molecule has 0 saturated carbocycles. The summed E-state index contributed by atoms with van der Waals surface area (Å²) in [6, 6.07) is 16.4. The maximum atomic E-state index is 12.4. The second-order valence-electron chi connectivity index (χ2n) is 6.79. The van der Waals surface area contributed by atoms with Crippen LogP contribution in [0.4, 0.5) is 5.69 Å². The third-order valence-electron chi connectivity index (χ3n) is 4.91. The highest BCUT2D eigenvalue weighted by Gasteiger charge is 2.20. The number of anilines is 1. The van der Waals surface area contributed by atoms with Crippen molar-refractivity contribution in [3.05, 3.63) is 59.7 Å². The van der Waals surface area contributed by atoms with Crippen molar-refractivity contribution in [1.29, 1.82) is 0 Å². The molecule has 4 nitrogen and oxygen atoms in total. The molecule has 0 unspecified atom stereocenters. The van der Waals surface area contributed by atoms with E-state index in [-0.39, 0.29) is 5.91 Å². The lowest BCUT2D eigenvalue weighted by Crippen LogP contribution is -2.39. The maximum Gasteiger partial charge on any atom is 0.261 e. The lowest BCUT2D eigenvalue weighted by atomic mass is 10.2. The predicted octanol–water partition coefficient (Wildman–Crippen LogP) is 3.72. The van der Waals surface area contributed by atoms with Crippen LogP contribution >= 0.6 is 0 Å². The number of hydrogen-bond acceptors (Lipinski definition) is 3. The molecule has 2 aromatic carbocycles. The van der Waals surface area contributed by atoms with Crippen LogP contribution in [-0.2, 0) is 11.2 Å². The second kappa shape index (κ2) is 8.75. The highest BCUT2D eigenvalue weighted by atomic mass is 16.5. The van der Waals surface area contributed by atoms with E-state index in [4.69, 9.17) is 4.74 Å². The highest BCUT2D eigenvalue weighted by molar-refractivity contribution is 5.81. The Bertz CT molecular complexity index is 744. The third kappa shape index (κ3) is 4.37. The summed E-state index contributed by atoms with van der Waals surface area (Å²) in [6.45, 7) is 6.68. The van der Waals surface area contributed by atoms with Gasteiger partial charge in [0.05, 0.1) is 0 Å². The van der Waals surface area contributed by atoms with Crippen LogP contribution in [0, 0.1) is 6.92 Å². The van der Waals surface area contributed by atoms with E-state index in [1.165, 1.54) is 11.3 Å². The van der Waals surface area contributed by atoms with Crippen LogP contribution in [0.15, 0.2) is 48.5 Å². The summed E-state index contributed by atoms with van der Waals surface area (Å²) in [6.07, 6.45) is 2.26. The van der Waals surface area contributed by atoms with Gasteiger partial charge in [0.2, 0.25) is 0 Å². The molecule has 1 N–H and O–H groups in total. The molecule has 0 spiro atoms. The van der Waals surface area contributed by atoms with Gasteiger partial charge in [-0.1, -0.05) is 43.3 Å². The average Bonchev–Trinajstić information content (AvgIpc) is 3.07. The minimum Gasteiger partial charge on any atom is -0.480 e. The van der Waals surface area contributed by atoms with Crippen LogP contribution in [0.5, 0.6) is 5.75 Å². The topological polar surface area (TPSA) is 41.6 Å². The summed E-state index contributed by atoms with van der Waals surface area (Å²) >= 11 is 0. The molecule has 0 radical (unpaired) electrons. The van der Waals surface area contributed by atoms with Crippen LogP contribution in [0.2, 0.25) is 0 Å². The summed E-state index contributed by atoms with van der Waals surface area (Å²) in [5, 5.41) is 3.03. The molecule has 138 valence electrons. The maximum absolute atomic E-state index is 12.4. The number of amides is 1. The van der Waals surface area contributed by atoms with E-state index in [0.29, 0.717) is 13.0 Å². The standard InChI is InChI=1S/C22H28N2O2/c1-3-20(26-21-12-7-4-9-17(21)2)22(25)23-14-8-15-24-16-13-18-10-5-6-11-19(18)24/h4-7,9-12,20H,3,8,13-16H2,1-2H3,(H,23,25)/t20-/m1/s1. The monoisotopic (exact) mass is 352 g/mol. The summed E-state index contributed by atoms with van der Waals surface area (Å²) in [4.78, 5) is 14.8. The van der Waals surface area contributed by atoms with Crippen LogP contribution in [0.1, 0.15) is 30.9 Å². The first kappa shape index (κ1) is 18.3. The largest absolute Gasteiger partial charge is 0.480 e. The number of fused-ring (bicyclic) bond motifs is 1. The number of para-hydroxylation sites is 2. The van der Waals surface area contributed by atoms with E-state index in [1.54, 1.807) is 0 Å². The third-order valence-corrected chi connectivity index (χ3v) is 4.91. The van der Waals surface area contributed by atoms with Gasteiger partial charge in [-0.25, -0.2) is 0 Å². The van der Waals surface area contributed by atoms with Crippen molar-refractivity contribution in [3.63, 3.8) is 0 Å². The van der Waals surface area contributed by atoms with Gasteiger partial charge >= 0.3 is 0 Å². The Morgan fingerprint density at radius 1 is 1.19 bits per heavy atom. The normalized spacial score (nSPS) is 14.0. The molecule has 0 aliphatic carbocycles. The van der Waals surface area contributed by atoms with Crippen LogP contribution < -0.4 is 15.0 Å². The zero-order valence-corrected chi connectivity index (χ0v) is 15.7. The van der Waals surface area contributed by atoms with Crippen molar-refractivity contribution >= 4 is 11.6 Å². The van der Waals surface area contributed by atoms with Gasteiger partial charge in [0.25, 0.3) is 5.91 Å². The Morgan fingerprint density at radius 2 is 1.96 bits per heavy atom. The van der Waals surface area contributed by atoms with E-state index in [1.807, 2.05) is 38.1 Å². The smallest absolute Gasteiger partial charge is 0.261 e. The molecular weight excluding hydrogens is 324 g/mol. The minimum absolute atomic E-state index is 0.0300. The second-order valence-corrected chi connectivity index (χ2v) is 6.79. The summed E-state index contributed by atoms with van der Waals surface area (Å²) in [5.74, 6) is 0.751. The molecule has 1 atom stereocenters. The Morgan fingerprint density at radius 3 is 2.77 bits per heavy atom. The summed E-state index contributed by atoms with van der Waals surface area (Å²) < 4.78 is 5.91. The fourth-order valence-corrected chi connectivity index (χ4v) is 3.40. The number of carbonyl (C=O) groups is 1. The Balaban J connectivity index is 1.44. The SMILES string of the molecule is CC[C@@H](Oc1ccccc1C)C(=O)NCCCN1CCc2ccccc21. The minimum atomic E-state index is -0.441. The van der Waals surface area contributed by atoms with E-state index in [0.717, 1.165) is 37.2 Å². The zero-order valence-electron chi connectivity index (χ0n) is 15.7. The number of ether oxygens (including phenoxy) is 1. The Hall–Kier alpha value is -2.49. The van der Waals surface area contributed by atoms with Gasteiger partial charge in [0, 0.05) is 25.3 Å². The number of carbonyl (C=O) groups excluding carboxylic acids is 1. The Labute approximate surface area is 156 Å². The molecule has 0 saturated heterocycles. The van der Waals surface area contributed by atoms with Crippen molar-refractivity contribution in [2.24, 2.45) is 0 Å². The van der Waals surface area contributed by atoms with Gasteiger partial charge < -0.3 is 15.0 Å². The molecule has 1 aliphatic heterocycles. The van der Waals surface area contributed by atoms with E-state index in [9.17, 15) is 4.79 Å². The van der Waals surface area contributed by atoms with Gasteiger partial charge in [0.15, 0.2) is 6.10 Å². The number of benzene rings is 2. The number of nitrogens with one attached hydrogen (secondary N) is 1. The van der Waals surface area contributed by atoms with Crippen molar-refractivity contribution < 1.29 is 9.53 Å². The molecule has 2 aromatic rings. The van der Waals surface area contributed by atoms with Crippen molar-refractivity contribution in [1.82, 2.24) is 5.32 Å². The molecule has 3 rings (SSSR count). The van der Waals surface area contributed by atoms with Gasteiger partial charge in [-0.2, -0.15) is 0 Å². The van der Waals surface area contributed by atoms with Gasteiger partial charge in [0.1, 0.15) is 5.75 Å². The number of rotatable bonds is 8. The van der Waals surface area contributed by atoms with E-state index < -0.39 is 6.10 Å². The quantitative estimate of drug-likeness (QED) is 0.736. The summed E-state index contributed by atoms with van der Waals surface area (Å²) in [5.41, 5.74) is 3.81. The molecule has 4 heteroatoms. The van der Waals surface area contributed by atoms with Gasteiger partial charge in [-0.15, -0.1) is 0 Å². The predicted molar refractivity (Wildman–Crippen MR) is 106 cm³/mol. The molecule has 0 bridgehead atoms. The summed E-state index contributed by atoms with van der Waals surface area (Å²) in [7, 11) is 0. The molecular formula is C22H28N2O2. The first-order chi connectivity index (χ1) is 12.7. The van der Waals surface area contributed by atoms with Gasteiger partial charge in [-0.05, 0) is 49.4 Å². The fourth-order valence-electron chi connectivity index (χ4n) is 3.40.